The molecule has 1 aromatic carbocycles. The van der Waals surface area contributed by atoms with Crippen LogP contribution in [0.3, 0.4) is 0 Å². The van der Waals surface area contributed by atoms with Gasteiger partial charge in [-0.1, -0.05) is 36.4 Å². The molecular weight excluding hydrogens is 177 g/mol. The van der Waals surface area contributed by atoms with E-state index < -0.39 is 4.92 Å². The molecule has 0 heterocycles. The zero-order valence-electron chi connectivity index (χ0n) is 8.20. The van der Waals surface area contributed by atoms with E-state index in [2.05, 4.69) is 11.8 Å². The van der Waals surface area contributed by atoms with Crippen molar-refractivity contribution >= 4 is 19.0 Å². The minimum absolute atomic E-state index is 0.0888. The summed E-state index contributed by atoms with van der Waals surface area (Å²) in [6, 6.07) is 4.98. The molecule has 0 fully saturated rings. The lowest BCUT2D eigenvalue weighted by Gasteiger charge is -1.98. The van der Waals surface area contributed by atoms with Crippen LogP contribution in [0, 0.1) is 22.0 Å². The third-order valence-corrected chi connectivity index (χ3v) is 1.84. The first-order valence-corrected chi connectivity index (χ1v) is 4.39. The Bertz CT molecular complexity index is 418. The highest BCUT2D eigenvalue weighted by Crippen LogP contribution is 2.13. The third-order valence-electron chi connectivity index (χ3n) is 1.84. The van der Waals surface area contributed by atoms with Crippen molar-refractivity contribution in [2.45, 2.75) is 13.3 Å². The molecule has 1 rings (SSSR count). The molecule has 0 aliphatic rings. The van der Waals surface area contributed by atoms with E-state index in [0.717, 1.165) is 5.46 Å². The van der Waals surface area contributed by atoms with Gasteiger partial charge in [-0.05, 0) is 0 Å². The fourth-order valence-corrected chi connectivity index (χ4v) is 1.14. The van der Waals surface area contributed by atoms with Gasteiger partial charge in [0.1, 0.15) is 7.85 Å². The molecule has 0 aliphatic heterocycles. The third kappa shape index (κ3) is 2.14. The van der Waals surface area contributed by atoms with Crippen molar-refractivity contribution in [2.24, 2.45) is 0 Å². The molecule has 0 amide bonds. The van der Waals surface area contributed by atoms with Crippen molar-refractivity contribution in [3.63, 3.8) is 0 Å². The summed E-state index contributed by atoms with van der Waals surface area (Å²) in [6.45, 7) is 1.91. The predicted molar refractivity (Wildman–Crippen MR) is 58.4 cm³/mol. The lowest BCUT2D eigenvalue weighted by Crippen LogP contribution is -2.09. The lowest BCUT2D eigenvalue weighted by atomic mass is 9.90. The number of rotatable bonds is 1. The molecule has 0 radical (unpaired) electrons. The Hall–Kier alpha value is -1.76. The second-order valence-corrected chi connectivity index (χ2v) is 2.88. The molecule has 0 spiro atoms. The number of nitro benzene ring substituents is 1. The molecule has 0 aromatic heterocycles. The molecule has 14 heavy (non-hydrogen) atoms. The molecule has 3 nitrogen and oxygen atoms in total. The van der Waals surface area contributed by atoms with Crippen LogP contribution < -0.4 is 5.46 Å². The van der Waals surface area contributed by atoms with Gasteiger partial charge in [-0.25, -0.2) is 0 Å². The van der Waals surface area contributed by atoms with Crippen LogP contribution in [0.15, 0.2) is 18.2 Å². The average Bonchev–Trinajstić information content (AvgIpc) is 2.15. The SMILES string of the molecule is Bc1cccc([N+](=O)[O-])c1C#CCC. The number of hydrogen-bond donors (Lipinski definition) is 0. The van der Waals surface area contributed by atoms with Crippen molar-refractivity contribution in [3.8, 4) is 11.8 Å². The zero-order valence-corrected chi connectivity index (χ0v) is 8.20. The van der Waals surface area contributed by atoms with Crippen LogP contribution in [0.25, 0.3) is 0 Å². The quantitative estimate of drug-likeness (QED) is 0.280. The topological polar surface area (TPSA) is 43.1 Å². The van der Waals surface area contributed by atoms with E-state index in [1.54, 1.807) is 6.07 Å². The summed E-state index contributed by atoms with van der Waals surface area (Å²) in [5.74, 6) is 5.67. The van der Waals surface area contributed by atoms with Gasteiger partial charge in [0.25, 0.3) is 5.69 Å². The van der Waals surface area contributed by atoms with E-state index >= 15 is 0 Å². The van der Waals surface area contributed by atoms with Gasteiger partial charge in [0, 0.05) is 12.5 Å². The molecule has 0 atom stereocenters. The average molecular weight is 187 g/mol. The van der Waals surface area contributed by atoms with Gasteiger partial charge < -0.3 is 0 Å². The largest absolute Gasteiger partial charge is 0.284 e. The second-order valence-electron chi connectivity index (χ2n) is 2.88. The van der Waals surface area contributed by atoms with Gasteiger partial charge in [0.15, 0.2) is 0 Å². The minimum atomic E-state index is -0.396. The second kappa shape index (κ2) is 4.47. The highest BCUT2D eigenvalue weighted by Gasteiger charge is 2.12. The van der Waals surface area contributed by atoms with Gasteiger partial charge in [-0.15, -0.1) is 0 Å². The Morgan fingerprint density at radius 2 is 2.29 bits per heavy atom. The molecule has 0 N–H and O–H groups in total. The first-order chi connectivity index (χ1) is 6.66. The Balaban J connectivity index is 3.29. The summed E-state index contributed by atoms with van der Waals surface area (Å²) < 4.78 is 0. The molecule has 1 aromatic rings. The van der Waals surface area contributed by atoms with Crippen LogP contribution in [-0.2, 0) is 0 Å². The van der Waals surface area contributed by atoms with E-state index in [4.69, 9.17) is 0 Å². The van der Waals surface area contributed by atoms with Gasteiger partial charge >= 0.3 is 0 Å². The van der Waals surface area contributed by atoms with Crippen molar-refractivity contribution in [1.29, 1.82) is 0 Å². The summed E-state index contributed by atoms with van der Waals surface area (Å²) in [4.78, 5) is 10.3. The molecular formula is C10H10BNO2. The first kappa shape index (κ1) is 10.3. The highest BCUT2D eigenvalue weighted by atomic mass is 16.6. The number of nitrogens with zero attached hydrogens (tertiary/aromatic N) is 1. The van der Waals surface area contributed by atoms with E-state index in [9.17, 15) is 10.1 Å². The normalized spacial score (nSPS) is 8.93. The zero-order chi connectivity index (χ0) is 10.6. The summed E-state index contributed by atoms with van der Waals surface area (Å²) in [7, 11) is 1.83. The van der Waals surface area contributed by atoms with Crippen LogP contribution in [-0.4, -0.2) is 12.8 Å². The fraction of sp³-hybridized carbons (Fsp3) is 0.200. The van der Waals surface area contributed by atoms with Crippen molar-refractivity contribution in [2.75, 3.05) is 0 Å². The van der Waals surface area contributed by atoms with Crippen molar-refractivity contribution < 1.29 is 4.92 Å². The van der Waals surface area contributed by atoms with Crippen LogP contribution >= 0.6 is 0 Å². The predicted octanol–water partition coefficient (Wildman–Crippen LogP) is 0.615. The van der Waals surface area contributed by atoms with E-state index in [-0.39, 0.29) is 5.69 Å². The number of benzene rings is 1. The fourth-order valence-electron chi connectivity index (χ4n) is 1.14. The van der Waals surface area contributed by atoms with Crippen molar-refractivity contribution in [3.05, 3.63) is 33.9 Å². The Morgan fingerprint density at radius 3 is 2.86 bits per heavy atom. The van der Waals surface area contributed by atoms with Crippen LogP contribution in [0.4, 0.5) is 5.69 Å². The highest BCUT2D eigenvalue weighted by molar-refractivity contribution is 6.34. The van der Waals surface area contributed by atoms with Crippen LogP contribution in [0.1, 0.15) is 18.9 Å². The summed E-state index contributed by atoms with van der Waals surface area (Å²) >= 11 is 0. The van der Waals surface area contributed by atoms with Gasteiger partial charge in [-0.2, -0.15) is 0 Å². The maximum Gasteiger partial charge on any atom is 0.284 e. The number of nitro groups is 1. The van der Waals surface area contributed by atoms with E-state index in [1.165, 1.54) is 6.07 Å². The van der Waals surface area contributed by atoms with Gasteiger partial charge in [0.05, 0.1) is 10.5 Å². The van der Waals surface area contributed by atoms with Crippen molar-refractivity contribution in [1.82, 2.24) is 0 Å². The summed E-state index contributed by atoms with van der Waals surface area (Å²) in [6.07, 6.45) is 0.700. The molecule has 70 valence electrons. The van der Waals surface area contributed by atoms with Gasteiger partial charge in [-0.3, -0.25) is 10.1 Å². The molecule has 0 bridgehead atoms. The summed E-state index contributed by atoms with van der Waals surface area (Å²) in [5.41, 5.74) is 1.46. The molecule has 4 heteroatoms. The van der Waals surface area contributed by atoms with E-state index in [1.807, 2.05) is 20.8 Å². The Morgan fingerprint density at radius 1 is 1.57 bits per heavy atom. The number of hydrogen-bond acceptors (Lipinski definition) is 2. The molecule has 0 saturated carbocycles. The Kier molecular flexibility index (Phi) is 3.30. The lowest BCUT2D eigenvalue weighted by molar-refractivity contribution is -0.385. The first-order valence-electron chi connectivity index (χ1n) is 4.39. The smallest absolute Gasteiger partial charge is 0.258 e. The maximum atomic E-state index is 10.7. The molecule has 0 unspecified atom stereocenters. The minimum Gasteiger partial charge on any atom is -0.258 e. The van der Waals surface area contributed by atoms with E-state index in [0.29, 0.717) is 12.0 Å². The Labute approximate surface area is 83.7 Å². The maximum absolute atomic E-state index is 10.7. The molecule has 0 aliphatic carbocycles. The standard InChI is InChI=1S/C10H10BNO2/c1-2-3-5-8-9(11)6-4-7-10(8)12(13)14/h4,6-7H,2,11H2,1H3. The monoisotopic (exact) mass is 187 g/mol. The van der Waals surface area contributed by atoms with Crippen LogP contribution in [0.5, 0.6) is 0 Å². The van der Waals surface area contributed by atoms with Gasteiger partial charge in [0.2, 0.25) is 0 Å². The van der Waals surface area contributed by atoms with Crippen LogP contribution in [0.2, 0.25) is 0 Å². The summed E-state index contributed by atoms with van der Waals surface area (Å²) in [5, 5.41) is 10.7. The molecule has 0 saturated heterocycles.